The molecule has 0 aliphatic carbocycles. The number of rotatable bonds is 7. The third-order valence-electron chi connectivity index (χ3n) is 2.04. The Hall–Kier alpha value is -0.0800. The topological polar surface area (TPSA) is 12.5 Å². The summed E-state index contributed by atoms with van der Waals surface area (Å²) in [5.74, 6) is 0. The summed E-state index contributed by atoms with van der Waals surface area (Å²) < 4.78 is 4.54. The summed E-state index contributed by atoms with van der Waals surface area (Å²) in [4.78, 5) is 2.41. The van der Waals surface area contributed by atoms with Crippen molar-refractivity contribution in [3.63, 3.8) is 0 Å². The summed E-state index contributed by atoms with van der Waals surface area (Å²) in [6.45, 7) is 13.8. The lowest BCUT2D eigenvalue weighted by Gasteiger charge is -2.14. The molecule has 0 unspecified atom stereocenters. The number of hydrogen-bond acceptors (Lipinski definition) is 2. The van der Waals surface area contributed by atoms with E-state index in [1.807, 2.05) is 20.8 Å². The fraction of sp³-hybridized carbons (Fsp3) is 1.00. The standard InChI is InChI=1S/C9H21N.C3H8O.C2H6/c1-4-6-7-9-10(3)8-5-2;1-3-4-2;1-2/h4-9H2,1-3H3;3H2,1-2H3;1-2H3. The zero-order valence-corrected chi connectivity index (χ0v) is 12.8. The van der Waals surface area contributed by atoms with Gasteiger partial charge in [-0.2, -0.15) is 0 Å². The molecular weight excluding hydrogens is 198 g/mol. The van der Waals surface area contributed by atoms with Crippen LogP contribution in [0.1, 0.15) is 60.3 Å². The first-order valence-corrected chi connectivity index (χ1v) is 6.90. The molecule has 0 aromatic heterocycles. The van der Waals surface area contributed by atoms with Crippen LogP contribution < -0.4 is 0 Å². The Kier molecular flexibility index (Phi) is 32.2. The zero-order valence-electron chi connectivity index (χ0n) is 12.8. The van der Waals surface area contributed by atoms with Crippen LogP contribution in [0.15, 0.2) is 0 Å². The summed E-state index contributed by atoms with van der Waals surface area (Å²) in [6.07, 6.45) is 5.36. The second kappa shape index (κ2) is 24.2. The van der Waals surface area contributed by atoms with E-state index in [-0.39, 0.29) is 0 Å². The van der Waals surface area contributed by atoms with Gasteiger partial charge < -0.3 is 9.64 Å². The second-order valence-corrected chi connectivity index (χ2v) is 3.59. The van der Waals surface area contributed by atoms with Crippen LogP contribution in [0, 0.1) is 0 Å². The van der Waals surface area contributed by atoms with Gasteiger partial charge in [-0.25, -0.2) is 0 Å². The first-order chi connectivity index (χ1) is 7.72. The molecule has 0 aliphatic heterocycles. The van der Waals surface area contributed by atoms with Crippen LogP contribution in [0.4, 0.5) is 0 Å². The van der Waals surface area contributed by atoms with Crippen molar-refractivity contribution in [3.05, 3.63) is 0 Å². The largest absolute Gasteiger partial charge is 0.385 e. The summed E-state index contributed by atoms with van der Waals surface area (Å²) in [5.41, 5.74) is 0. The smallest absolute Gasteiger partial charge is 0.0433 e. The Morgan fingerprint density at radius 2 is 1.38 bits per heavy atom. The monoisotopic (exact) mass is 233 g/mol. The van der Waals surface area contributed by atoms with Gasteiger partial charge in [0.05, 0.1) is 0 Å². The van der Waals surface area contributed by atoms with E-state index in [0.29, 0.717) is 0 Å². The van der Waals surface area contributed by atoms with Gasteiger partial charge in [0, 0.05) is 13.7 Å². The molecule has 0 atom stereocenters. The van der Waals surface area contributed by atoms with Crippen molar-refractivity contribution in [2.24, 2.45) is 0 Å². The molecule has 0 saturated heterocycles. The fourth-order valence-corrected chi connectivity index (χ4v) is 1.13. The van der Waals surface area contributed by atoms with Crippen LogP contribution in [0.2, 0.25) is 0 Å². The van der Waals surface area contributed by atoms with Crippen LogP contribution in [0.3, 0.4) is 0 Å². The van der Waals surface area contributed by atoms with Crippen LogP contribution in [0.5, 0.6) is 0 Å². The van der Waals surface area contributed by atoms with Crippen molar-refractivity contribution in [1.82, 2.24) is 4.90 Å². The fourth-order valence-electron chi connectivity index (χ4n) is 1.13. The Morgan fingerprint density at radius 3 is 1.69 bits per heavy atom. The number of methoxy groups -OCH3 is 1. The molecule has 0 saturated carbocycles. The van der Waals surface area contributed by atoms with Crippen molar-refractivity contribution >= 4 is 0 Å². The SMILES string of the molecule is CC.CCCCCN(C)CCC.CCOC. The van der Waals surface area contributed by atoms with Gasteiger partial charge in [-0.15, -0.1) is 0 Å². The van der Waals surface area contributed by atoms with Gasteiger partial charge in [0.15, 0.2) is 0 Å². The molecule has 102 valence electrons. The Bertz CT molecular complexity index is 84.8. The van der Waals surface area contributed by atoms with E-state index >= 15 is 0 Å². The highest BCUT2D eigenvalue weighted by molar-refractivity contribution is 4.49. The number of ether oxygens (including phenoxy) is 1. The van der Waals surface area contributed by atoms with Crippen molar-refractivity contribution in [2.75, 3.05) is 33.9 Å². The molecular formula is C14H35NO. The minimum absolute atomic E-state index is 0.819. The lowest BCUT2D eigenvalue weighted by molar-refractivity contribution is 0.215. The van der Waals surface area contributed by atoms with Crippen LogP contribution in [0.25, 0.3) is 0 Å². The molecule has 0 bridgehead atoms. The molecule has 0 aliphatic rings. The predicted octanol–water partition coefficient (Wildman–Crippen LogP) is 4.20. The van der Waals surface area contributed by atoms with E-state index in [2.05, 4.69) is 30.5 Å². The van der Waals surface area contributed by atoms with Gasteiger partial charge >= 0.3 is 0 Å². The maximum absolute atomic E-state index is 4.54. The average Bonchev–Trinajstić information content (AvgIpc) is 2.33. The Morgan fingerprint density at radius 1 is 0.875 bits per heavy atom. The molecule has 2 nitrogen and oxygen atoms in total. The molecule has 0 fully saturated rings. The van der Waals surface area contributed by atoms with Crippen LogP contribution >= 0.6 is 0 Å². The molecule has 0 N–H and O–H groups in total. The number of hydrogen-bond donors (Lipinski definition) is 0. The Labute approximate surface area is 104 Å². The van der Waals surface area contributed by atoms with Crippen molar-refractivity contribution < 1.29 is 4.74 Å². The lowest BCUT2D eigenvalue weighted by Crippen LogP contribution is -2.20. The molecule has 0 rings (SSSR count). The highest BCUT2D eigenvalue weighted by atomic mass is 16.5. The molecule has 0 aromatic carbocycles. The van der Waals surface area contributed by atoms with Crippen molar-refractivity contribution in [1.29, 1.82) is 0 Å². The van der Waals surface area contributed by atoms with Crippen LogP contribution in [-0.2, 0) is 4.74 Å². The summed E-state index contributed by atoms with van der Waals surface area (Å²) in [5, 5.41) is 0. The van der Waals surface area contributed by atoms with E-state index < -0.39 is 0 Å². The minimum Gasteiger partial charge on any atom is -0.385 e. The van der Waals surface area contributed by atoms with Gasteiger partial charge in [0.25, 0.3) is 0 Å². The van der Waals surface area contributed by atoms with E-state index in [1.54, 1.807) is 7.11 Å². The number of nitrogens with zero attached hydrogens (tertiary/aromatic N) is 1. The molecule has 0 radical (unpaired) electrons. The first-order valence-electron chi connectivity index (χ1n) is 6.90. The van der Waals surface area contributed by atoms with E-state index in [0.717, 1.165) is 6.61 Å². The zero-order chi connectivity index (χ0) is 13.2. The summed E-state index contributed by atoms with van der Waals surface area (Å²) in [7, 11) is 3.89. The highest BCUT2D eigenvalue weighted by Gasteiger charge is 1.93. The quantitative estimate of drug-likeness (QED) is 0.611. The van der Waals surface area contributed by atoms with Gasteiger partial charge in [0.2, 0.25) is 0 Å². The highest BCUT2D eigenvalue weighted by Crippen LogP contribution is 1.96. The first kappa shape index (κ1) is 21.2. The maximum atomic E-state index is 4.54. The predicted molar refractivity (Wildman–Crippen MR) is 76.2 cm³/mol. The van der Waals surface area contributed by atoms with Crippen molar-refractivity contribution in [3.8, 4) is 0 Å². The second-order valence-electron chi connectivity index (χ2n) is 3.59. The molecule has 2 heteroatoms. The third kappa shape index (κ3) is 29.2. The summed E-state index contributed by atoms with van der Waals surface area (Å²) in [6, 6.07) is 0. The maximum Gasteiger partial charge on any atom is 0.0433 e. The average molecular weight is 233 g/mol. The molecule has 16 heavy (non-hydrogen) atoms. The minimum atomic E-state index is 0.819. The van der Waals surface area contributed by atoms with Crippen LogP contribution in [-0.4, -0.2) is 38.8 Å². The van der Waals surface area contributed by atoms with E-state index in [9.17, 15) is 0 Å². The van der Waals surface area contributed by atoms with Gasteiger partial charge in [-0.3, -0.25) is 0 Å². The van der Waals surface area contributed by atoms with Gasteiger partial charge in [-0.1, -0.05) is 40.5 Å². The van der Waals surface area contributed by atoms with E-state index in [1.165, 1.54) is 38.8 Å². The molecule has 0 spiro atoms. The lowest BCUT2D eigenvalue weighted by atomic mass is 10.2. The molecule has 0 aromatic rings. The molecule has 0 amide bonds. The summed E-state index contributed by atoms with van der Waals surface area (Å²) >= 11 is 0. The Balaban J connectivity index is -0.000000237. The normalized spacial score (nSPS) is 9.00. The third-order valence-corrected chi connectivity index (χ3v) is 2.04. The van der Waals surface area contributed by atoms with Crippen molar-refractivity contribution in [2.45, 2.75) is 60.3 Å². The van der Waals surface area contributed by atoms with E-state index in [4.69, 9.17) is 0 Å². The molecule has 0 heterocycles. The van der Waals surface area contributed by atoms with Gasteiger partial charge in [-0.05, 0) is 39.9 Å². The van der Waals surface area contributed by atoms with Gasteiger partial charge in [0.1, 0.15) is 0 Å². The number of unbranched alkanes of at least 4 members (excludes halogenated alkanes) is 2.